The molecular weight excluding hydrogens is 198 g/mol. The molecule has 1 heterocycles. The van der Waals surface area contributed by atoms with Crippen LogP contribution in [0.4, 0.5) is 0 Å². The van der Waals surface area contributed by atoms with Gasteiger partial charge in [-0.2, -0.15) is 0 Å². The van der Waals surface area contributed by atoms with Crippen molar-refractivity contribution in [1.82, 2.24) is 5.32 Å². The summed E-state index contributed by atoms with van der Waals surface area (Å²) < 4.78 is 5.70. The van der Waals surface area contributed by atoms with E-state index in [1.165, 1.54) is 25.7 Å². The van der Waals surface area contributed by atoms with Crippen LogP contribution in [0.25, 0.3) is 0 Å². The van der Waals surface area contributed by atoms with Gasteiger partial charge in [0.25, 0.3) is 0 Å². The van der Waals surface area contributed by atoms with E-state index in [1.807, 2.05) is 0 Å². The average molecular weight is 227 g/mol. The normalized spacial score (nSPS) is 29.2. The third-order valence-corrected chi connectivity index (χ3v) is 3.96. The lowest BCUT2D eigenvalue weighted by atomic mass is 9.86. The van der Waals surface area contributed by atoms with Crippen molar-refractivity contribution in [2.24, 2.45) is 11.8 Å². The molecule has 0 aromatic heterocycles. The van der Waals surface area contributed by atoms with Crippen molar-refractivity contribution in [3.05, 3.63) is 0 Å². The maximum atomic E-state index is 5.70. The second-order valence-electron chi connectivity index (χ2n) is 5.34. The standard InChI is InChI=1S/C14H29NO/c1-5-8-15-14(10-11(3)6-2)13-7-9-16-12(13)4/h11-15H,5-10H2,1-4H3. The Hall–Kier alpha value is -0.0800. The number of hydrogen-bond donors (Lipinski definition) is 1. The van der Waals surface area contributed by atoms with E-state index in [0.717, 1.165) is 25.0 Å². The van der Waals surface area contributed by atoms with E-state index in [1.54, 1.807) is 0 Å². The largest absolute Gasteiger partial charge is 0.378 e. The van der Waals surface area contributed by atoms with E-state index in [0.29, 0.717) is 12.1 Å². The number of ether oxygens (including phenoxy) is 1. The fourth-order valence-corrected chi connectivity index (χ4v) is 2.62. The Morgan fingerprint density at radius 1 is 1.38 bits per heavy atom. The SMILES string of the molecule is CCCNC(CC(C)CC)C1CCOC1C. The highest BCUT2D eigenvalue weighted by Gasteiger charge is 2.31. The van der Waals surface area contributed by atoms with Gasteiger partial charge in [-0.3, -0.25) is 0 Å². The maximum absolute atomic E-state index is 5.70. The van der Waals surface area contributed by atoms with Gasteiger partial charge in [0.05, 0.1) is 6.10 Å². The van der Waals surface area contributed by atoms with E-state index < -0.39 is 0 Å². The zero-order valence-electron chi connectivity index (χ0n) is 11.5. The summed E-state index contributed by atoms with van der Waals surface area (Å²) in [6.45, 7) is 11.2. The number of rotatable bonds is 7. The number of hydrogen-bond acceptors (Lipinski definition) is 2. The first-order chi connectivity index (χ1) is 7.69. The smallest absolute Gasteiger partial charge is 0.0590 e. The predicted molar refractivity (Wildman–Crippen MR) is 69.7 cm³/mol. The third kappa shape index (κ3) is 4.06. The van der Waals surface area contributed by atoms with Crippen LogP contribution in [0, 0.1) is 11.8 Å². The van der Waals surface area contributed by atoms with Crippen LogP contribution >= 0.6 is 0 Å². The lowest BCUT2D eigenvalue weighted by Gasteiger charge is -2.29. The van der Waals surface area contributed by atoms with Crippen molar-refractivity contribution in [3.63, 3.8) is 0 Å². The minimum absolute atomic E-state index is 0.443. The van der Waals surface area contributed by atoms with Gasteiger partial charge in [0.1, 0.15) is 0 Å². The lowest BCUT2D eigenvalue weighted by molar-refractivity contribution is 0.0921. The van der Waals surface area contributed by atoms with E-state index in [-0.39, 0.29) is 0 Å². The van der Waals surface area contributed by atoms with Crippen molar-refractivity contribution in [1.29, 1.82) is 0 Å². The molecule has 96 valence electrons. The molecular formula is C14H29NO. The first kappa shape index (κ1) is 14.0. The van der Waals surface area contributed by atoms with Crippen molar-refractivity contribution in [3.8, 4) is 0 Å². The molecule has 2 heteroatoms. The van der Waals surface area contributed by atoms with Crippen LogP contribution in [-0.4, -0.2) is 25.3 Å². The van der Waals surface area contributed by atoms with E-state index >= 15 is 0 Å². The topological polar surface area (TPSA) is 21.3 Å². The van der Waals surface area contributed by atoms with Crippen LogP contribution in [0.1, 0.15) is 53.4 Å². The Morgan fingerprint density at radius 2 is 2.12 bits per heavy atom. The molecule has 0 amide bonds. The van der Waals surface area contributed by atoms with Gasteiger partial charge in [-0.05, 0) is 38.6 Å². The molecule has 1 fully saturated rings. The van der Waals surface area contributed by atoms with E-state index in [9.17, 15) is 0 Å². The molecule has 0 aliphatic carbocycles. The van der Waals surface area contributed by atoms with Crippen molar-refractivity contribution in [2.45, 2.75) is 65.5 Å². The molecule has 0 spiro atoms. The van der Waals surface area contributed by atoms with Crippen molar-refractivity contribution < 1.29 is 4.74 Å². The summed E-state index contributed by atoms with van der Waals surface area (Å²) in [6, 6.07) is 0.660. The summed E-state index contributed by atoms with van der Waals surface area (Å²) in [7, 11) is 0. The van der Waals surface area contributed by atoms with Crippen LogP contribution in [-0.2, 0) is 4.74 Å². The van der Waals surface area contributed by atoms with Crippen LogP contribution in [0.3, 0.4) is 0 Å². The fourth-order valence-electron chi connectivity index (χ4n) is 2.62. The molecule has 1 aliphatic rings. The van der Waals surface area contributed by atoms with Gasteiger partial charge in [0, 0.05) is 18.6 Å². The third-order valence-electron chi connectivity index (χ3n) is 3.96. The van der Waals surface area contributed by atoms with E-state index in [4.69, 9.17) is 4.74 Å². The average Bonchev–Trinajstić information content (AvgIpc) is 2.70. The van der Waals surface area contributed by atoms with Crippen LogP contribution in [0.2, 0.25) is 0 Å². The molecule has 1 aliphatic heterocycles. The minimum Gasteiger partial charge on any atom is -0.378 e. The van der Waals surface area contributed by atoms with Crippen molar-refractivity contribution in [2.75, 3.05) is 13.2 Å². The summed E-state index contributed by atoms with van der Waals surface area (Å²) in [4.78, 5) is 0. The monoisotopic (exact) mass is 227 g/mol. The molecule has 0 aromatic carbocycles. The van der Waals surface area contributed by atoms with Gasteiger partial charge in [-0.1, -0.05) is 27.2 Å². The molecule has 2 nitrogen and oxygen atoms in total. The Balaban J connectivity index is 2.48. The van der Waals surface area contributed by atoms with Gasteiger partial charge in [-0.15, -0.1) is 0 Å². The zero-order valence-corrected chi connectivity index (χ0v) is 11.5. The van der Waals surface area contributed by atoms with Crippen LogP contribution in [0.15, 0.2) is 0 Å². The molecule has 0 saturated carbocycles. The Kier molecular flexibility index (Phi) is 6.37. The van der Waals surface area contributed by atoms with Gasteiger partial charge in [-0.25, -0.2) is 0 Å². The van der Waals surface area contributed by atoms with Crippen LogP contribution in [0.5, 0.6) is 0 Å². The Morgan fingerprint density at radius 3 is 2.62 bits per heavy atom. The molecule has 1 saturated heterocycles. The summed E-state index contributed by atoms with van der Waals surface area (Å²) in [5.74, 6) is 1.54. The maximum Gasteiger partial charge on any atom is 0.0590 e. The first-order valence-corrected chi connectivity index (χ1v) is 7.04. The molecule has 0 bridgehead atoms. The van der Waals surface area contributed by atoms with Gasteiger partial charge < -0.3 is 10.1 Å². The lowest BCUT2D eigenvalue weighted by Crippen LogP contribution is -2.40. The minimum atomic E-state index is 0.443. The highest BCUT2D eigenvalue weighted by Crippen LogP contribution is 2.28. The van der Waals surface area contributed by atoms with E-state index in [2.05, 4.69) is 33.0 Å². The Bertz CT molecular complexity index is 184. The van der Waals surface area contributed by atoms with Gasteiger partial charge in [0.2, 0.25) is 0 Å². The molecule has 1 rings (SSSR count). The second kappa shape index (κ2) is 7.29. The molecule has 4 atom stereocenters. The first-order valence-electron chi connectivity index (χ1n) is 7.04. The zero-order chi connectivity index (χ0) is 12.0. The molecule has 0 radical (unpaired) electrons. The molecule has 4 unspecified atom stereocenters. The van der Waals surface area contributed by atoms with Gasteiger partial charge >= 0.3 is 0 Å². The fraction of sp³-hybridized carbons (Fsp3) is 1.00. The second-order valence-corrected chi connectivity index (χ2v) is 5.34. The number of nitrogens with one attached hydrogen (secondary N) is 1. The van der Waals surface area contributed by atoms with Crippen molar-refractivity contribution >= 4 is 0 Å². The summed E-state index contributed by atoms with van der Waals surface area (Å²) in [5.41, 5.74) is 0. The van der Waals surface area contributed by atoms with Crippen LogP contribution < -0.4 is 5.32 Å². The highest BCUT2D eigenvalue weighted by atomic mass is 16.5. The summed E-state index contributed by atoms with van der Waals surface area (Å²) in [5, 5.41) is 3.73. The summed E-state index contributed by atoms with van der Waals surface area (Å²) in [6.07, 6.45) is 5.48. The summed E-state index contributed by atoms with van der Waals surface area (Å²) >= 11 is 0. The molecule has 16 heavy (non-hydrogen) atoms. The van der Waals surface area contributed by atoms with Gasteiger partial charge in [0.15, 0.2) is 0 Å². The predicted octanol–water partition coefficient (Wildman–Crippen LogP) is 3.22. The highest BCUT2D eigenvalue weighted by molar-refractivity contribution is 4.85. The Labute approximate surface area is 101 Å². The molecule has 1 N–H and O–H groups in total. The molecule has 0 aromatic rings. The quantitative estimate of drug-likeness (QED) is 0.721.